The third kappa shape index (κ3) is 5.03. The van der Waals surface area contributed by atoms with Gasteiger partial charge >= 0.3 is 11.7 Å². The quantitative estimate of drug-likeness (QED) is 0.404. The second kappa shape index (κ2) is 8.21. The molecule has 1 aromatic rings. The van der Waals surface area contributed by atoms with Crippen LogP contribution in [0.2, 0.25) is 0 Å². The lowest BCUT2D eigenvalue weighted by Gasteiger charge is -2.03. The maximum atomic E-state index is 11.8. The van der Waals surface area contributed by atoms with Crippen molar-refractivity contribution >= 4 is 12.0 Å². The number of esters is 1. The average Bonchev–Trinajstić information content (AvgIpc) is 2.47. The molecule has 0 fully saturated rings. The third-order valence-electron chi connectivity index (χ3n) is 2.86. The highest BCUT2D eigenvalue weighted by atomic mass is 16.5. The van der Waals surface area contributed by atoms with E-state index in [1.165, 1.54) is 37.0 Å². The molecule has 1 aromatic heterocycles. The van der Waals surface area contributed by atoms with Gasteiger partial charge in [-0.3, -0.25) is 9.36 Å². The van der Waals surface area contributed by atoms with E-state index in [1.54, 1.807) is 7.11 Å². The Kier molecular flexibility index (Phi) is 6.61. The number of unbranched alkanes of at least 4 members (excludes halogenated alkanes) is 1. The highest BCUT2D eigenvalue weighted by Gasteiger charge is 2.04. The van der Waals surface area contributed by atoms with Gasteiger partial charge in [-0.2, -0.15) is 0 Å². The molecule has 0 atom stereocenters. The van der Waals surface area contributed by atoms with Gasteiger partial charge in [0.05, 0.1) is 12.2 Å². The van der Waals surface area contributed by atoms with E-state index in [-0.39, 0.29) is 5.56 Å². The number of carbonyl (C=O) groups is 1. The van der Waals surface area contributed by atoms with Gasteiger partial charge in [0, 0.05) is 40.1 Å². The number of rotatable bonds is 7. The number of carbonyl (C=O) groups excluding carboxylic acids is 1. The largest absolute Gasteiger partial charge is 0.463 e. The van der Waals surface area contributed by atoms with Crippen molar-refractivity contribution in [3.8, 4) is 0 Å². The second-order valence-electron chi connectivity index (χ2n) is 4.54. The fraction of sp³-hybridized carbons (Fsp3) is 0.500. The predicted octanol–water partition coefficient (Wildman–Crippen LogP) is 0.0670. The van der Waals surface area contributed by atoms with Gasteiger partial charge < -0.3 is 14.0 Å². The number of ether oxygens (including phenoxy) is 2. The Bertz CT molecular complexity index is 627. The number of hydrogen-bond acceptors (Lipinski definition) is 5. The Balaban J connectivity index is 2.63. The zero-order valence-corrected chi connectivity index (χ0v) is 12.5. The Labute approximate surface area is 122 Å². The molecule has 7 nitrogen and oxygen atoms in total. The number of nitrogens with zero attached hydrogens (tertiary/aromatic N) is 2. The molecule has 116 valence electrons. The summed E-state index contributed by atoms with van der Waals surface area (Å²) < 4.78 is 12.1. The molecule has 0 unspecified atom stereocenters. The summed E-state index contributed by atoms with van der Waals surface area (Å²) in [4.78, 5) is 34.8. The molecule has 21 heavy (non-hydrogen) atoms. The van der Waals surface area contributed by atoms with Gasteiger partial charge in [-0.25, -0.2) is 9.59 Å². The highest BCUT2D eigenvalue weighted by Crippen LogP contribution is 1.95. The van der Waals surface area contributed by atoms with Crippen LogP contribution in [0.3, 0.4) is 0 Å². The van der Waals surface area contributed by atoms with Crippen molar-refractivity contribution in [2.24, 2.45) is 14.1 Å². The fourth-order valence-electron chi connectivity index (χ4n) is 1.68. The highest BCUT2D eigenvalue weighted by molar-refractivity contribution is 5.86. The van der Waals surface area contributed by atoms with Crippen LogP contribution >= 0.6 is 0 Å². The Morgan fingerprint density at radius 2 is 1.90 bits per heavy atom. The number of methoxy groups -OCH3 is 1. The topological polar surface area (TPSA) is 79.5 Å². The van der Waals surface area contributed by atoms with E-state index < -0.39 is 17.2 Å². The minimum atomic E-state index is -0.525. The van der Waals surface area contributed by atoms with Gasteiger partial charge in [-0.05, 0) is 18.9 Å². The van der Waals surface area contributed by atoms with Crippen molar-refractivity contribution in [2.75, 3.05) is 20.3 Å². The fourth-order valence-corrected chi connectivity index (χ4v) is 1.68. The molecule has 0 aliphatic heterocycles. The summed E-state index contributed by atoms with van der Waals surface area (Å²) in [5.74, 6) is -0.525. The first kappa shape index (κ1) is 16.9. The van der Waals surface area contributed by atoms with Gasteiger partial charge in [0.15, 0.2) is 0 Å². The van der Waals surface area contributed by atoms with E-state index in [1.807, 2.05) is 0 Å². The molecule has 0 aromatic carbocycles. The summed E-state index contributed by atoms with van der Waals surface area (Å²) in [6.07, 6.45) is 5.44. The first-order valence-electron chi connectivity index (χ1n) is 6.57. The number of hydrogen-bond donors (Lipinski definition) is 0. The van der Waals surface area contributed by atoms with Crippen LogP contribution in [0, 0.1) is 0 Å². The summed E-state index contributed by atoms with van der Waals surface area (Å²) in [6.45, 7) is 0.930. The lowest BCUT2D eigenvalue weighted by Crippen LogP contribution is -2.37. The minimum Gasteiger partial charge on any atom is -0.463 e. The summed E-state index contributed by atoms with van der Waals surface area (Å²) in [5, 5.41) is 0. The molecule has 1 heterocycles. The summed E-state index contributed by atoms with van der Waals surface area (Å²) >= 11 is 0. The van der Waals surface area contributed by atoms with Crippen molar-refractivity contribution in [1.82, 2.24) is 9.13 Å². The molecular weight excluding hydrogens is 276 g/mol. The van der Waals surface area contributed by atoms with E-state index in [9.17, 15) is 14.4 Å². The monoisotopic (exact) mass is 296 g/mol. The van der Waals surface area contributed by atoms with Crippen LogP contribution in [0.25, 0.3) is 6.08 Å². The molecule has 0 amide bonds. The van der Waals surface area contributed by atoms with Crippen LogP contribution in [0.1, 0.15) is 18.4 Å². The molecule has 7 heteroatoms. The zero-order valence-electron chi connectivity index (χ0n) is 12.5. The number of aromatic nitrogens is 2. The molecule has 0 saturated carbocycles. The van der Waals surface area contributed by atoms with Gasteiger partial charge in [0.2, 0.25) is 0 Å². The van der Waals surface area contributed by atoms with Crippen LogP contribution in [0.4, 0.5) is 0 Å². The molecule has 0 bridgehead atoms. The standard InChI is InChI=1S/C14H20N2O5/c1-15-10-11(13(18)16(2)14(15)19)6-7-12(17)21-9-5-4-8-20-3/h6-7,10H,4-5,8-9H2,1-3H3/b7-6+. The van der Waals surface area contributed by atoms with Crippen LogP contribution in [-0.4, -0.2) is 35.4 Å². The second-order valence-corrected chi connectivity index (χ2v) is 4.54. The van der Waals surface area contributed by atoms with Gasteiger partial charge in [-0.1, -0.05) is 0 Å². The van der Waals surface area contributed by atoms with Crippen LogP contribution in [0.5, 0.6) is 0 Å². The molecule has 0 saturated heterocycles. The Morgan fingerprint density at radius 3 is 2.57 bits per heavy atom. The maximum absolute atomic E-state index is 11.8. The molecular formula is C14H20N2O5. The zero-order chi connectivity index (χ0) is 15.8. The van der Waals surface area contributed by atoms with Crippen molar-refractivity contribution < 1.29 is 14.3 Å². The molecule has 0 spiro atoms. The van der Waals surface area contributed by atoms with Crippen LogP contribution in [-0.2, 0) is 28.4 Å². The van der Waals surface area contributed by atoms with Gasteiger partial charge in [0.1, 0.15) is 0 Å². The van der Waals surface area contributed by atoms with E-state index in [2.05, 4.69) is 0 Å². The lowest BCUT2D eigenvalue weighted by molar-refractivity contribution is -0.137. The number of aryl methyl sites for hydroxylation is 1. The minimum absolute atomic E-state index is 0.246. The van der Waals surface area contributed by atoms with Crippen molar-refractivity contribution in [1.29, 1.82) is 0 Å². The third-order valence-corrected chi connectivity index (χ3v) is 2.86. The summed E-state index contributed by atoms with van der Waals surface area (Å²) in [7, 11) is 4.53. The first-order chi connectivity index (χ1) is 9.97. The van der Waals surface area contributed by atoms with E-state index >= 15 is 0 Å². The van der Waals surface area contributed by atoms with Crippen molar-refractivity contribution in [3.63, 3.8) is 0 Å². The maximum Gasteiger partial charge on any atom is 0.330 e. The average molecular weight is 296 g/mol. The molecule has 0 radical (unpaired) electrons. The molecule has 0 N–H and O–H groups in total. The van der Waals surface area contributed by atoms with Crippen LogP contribution < -0.4 is 11.2 Å². The summed E-state index contributed by atoms with van der Waals surface area (Å²) in [5.41, 5.74) is -0.629. The molecule has 1 rings (SSSR count). The van der Waals surface area contributed by atoms with E-state index in [0.717, 1.165) is 17.4 Å². The van der Waals surface area contributed by atoms with Crippen LogP contribution in [0.15, 0.2) is 21.9 Å². The summed E-state index contributed by atoms with van der Waals surface area (Å²) in [6, 6.07) is 0. The van der Waals surface area contributed by atoms with E-state index in [0.29, 0.717) is 13.2 Å². The Morgan fingerprint density at radius 1 is 1.24 bits per heavy atom. The lowest BCUT2D eigenvalue weighted by atomic mass is 10.3. The smallest absolute Gasteiger partial charge is 0.330 e. The van der Waals surface area contributed by atoms with E-state index in [4.69, 9.17) is 9.47 Å². The molecule has 0 aliphatic carbocycles. The predicted molar refractivity (Wildman–Crippen MR) is 78.0 cm³/mol. The Hall–Kier alpha value is -2.15. The normalized spacial score (nSPS) is 11.0. The molecule has 0 aliphatic rings. The van der Waals surface area contributed by atoms with Gasteiger partial charge in [-0.15, -0.1) is 0 Å². The van der Waals surface area contributed by atoms with Crippen molar-refractivity contribution in [2.45, 2.75) is 12.8 Å². The first-order valence-corrected chi connectivity index (χ1v) is 6.57. The SMILES string of the molecule is COCCCCOC(=O)/C=C/c1cn(C)c(=O)n(C)c1=O. The van der Waals surface area contributed by atoms with Crippen molar-refractivity contribution in [3.05, 3.63) is 38.7 Å². The van der Waals surface area contributed by atoms with Gasteiger partial charge in [0.25, 0.3) is 5.56 Å².